The first kappa shape index (κ1) is 17.8. The fraction of sp³-hybridized carbons (Fsp3) is 0.476. The molecule has 1 aliphatic heterocycles. The highest BCUT2D eigenvalue weighted by Gasteiger charge is 2.50. The van der Waals surface area contributed by atoms with E-state index in [2.05, 4.69) is 5.16 Å². The van der Waals surface area contributed by atoms with Crippen molar-refractivity contribution in [2.45, 2.75) is 50.5 Å². The number of hydrogen-bond acceptors (Lipinski definition) is 4. The quantitative estimate of drug-likeness (QED) is 0.880. The molecular formula is C21H25N3O3. The van der Waals surface area contributed by atoms with Gasteiger partial charge >= 0.3 is 0 Å². The number of nitrogens with two attached hydrogens (primary N) is 1. The molecule has 0 unspecified atom stereocenters. The van der Waals surface area contributed by atoms with Gasteiger partial charge in [-0.1, -0.05) is 48.3 Å². The van der Waals surface area contributed by atoms with Gasteiger partial charge in [-0.25, -0.2) is 0 Å². The topological polar surface area (TPSA) is 89.4 Å². The summed E-state index contributed by atoms with van der Waals surface area (Å²) in [6.45, 7) is 0.581. The van der Waals surface area contributed by atoms with Crippen LogP contribution >= 0.6 is 0 Å². The maximum atomic E-state index is 13.1. The maximum Gasteiger partial charge on any atom is 0.243 e. The molecule has 1 saturated carbocycles. The van der Waals surface area contributed by atoms with Gasteiger partial charge in [0.05, 0.1) is 0 Å². The van der Waals surface area contributed by atoms with Crippen molar-refractivity contribution in [2.75, 3.05) is 6.54 Å². The molecule has 2 N–H and O–H groups in total. The monoisotopic (exact) mass is 367 g/mol. The van der Waals surface area contributed by atoms with Crippen molar-refractivity contribution >= 4 is 11.8 Å². The fourth-order valence-corrected chi connectivity index (χ4v) is 4.55. The van der Waals surface area contributed by atoms with Crippen LogP contribution in [-0.2, 0) is 16.0 Å². The van der Waals surface area contributed by atoms with Crippen LogP contribution in [0.15, 0.2) is 40.9 Å². The summed E-state index contributed by atoms with van der Waals surface area (Å²) in [5.74, 6) is 0.228. The van der Waals surface area contributed by atoms with E-state index in [-0.39, 0.29) is 18.2 Å². The van der Waals surface area contributed by atoms with Crippen LogP contribution in [0.4, 0.5) is 0 Å². The molecule has 1 atom stereocenters. The summed E-state index contributed by atoms with van der Waals surface area (Å²) in [5, 5.41) is 4.14. The SMILES string of the molecule is NC(=O)[C@]1(Cc2cc(-c3ccccc3)no2)CCCN1C(=O)C1CCCC1. The minimum Gasteiger partial charge on any atom is -0.368 e. The van der Waals surface area contributed by atoms with E-state index < -0.39 is 11.4 Å². The molecule has 2 aromatic rings. The smallest absolute Gasteiger partial charge is 0.243 e. The van der Waals surface area contributed by atoms with E-state index >= 15 is 0 Å². The van der Waals surface area contributed by atoms with Crippen molar-refractivity contribution in [3.8, 4) is 11.3 Å². The third-order valence-corrected chi connectivity index (χ3v) is 6.01. The highest BCUT2D eigenvalue weighted by molar-refractivity contribution is 5.92. The Kier molecular flexibility index (Phi) is 4.72. The van der Waals surface area contributed by atoms with Crippen molar-refractivity contribution in [1.29, 1.82) is 0 Å². The number of aromatic nitrogens is 1. The van der Waals surface area contributed by atoms with E-state index in [4.69, 9.17) is 10.3 Å². The van der Waals surface area contributed by atoms with Crippen LogP contribution in [0.3, 0.4) is 0 Å². The summed E-state index contributed by atoms with van der Waals surface area (Å²) >= 11 is 0. The second-order valence-electron chi connectivity index (χ2n) is 7.69. The van der Waals surface area contributed by atoms with Gasteiger partial charge in [0.1, 0.15) is 17.0 Å². The third kappa shape index (κ3) is 3.24. The van der Waals surface area contributed by atoms with Crippen molar-refractivity contribution in [3.63, 3.8) is 0 Å². The van der Waals surface area contributed by atoms with E-state index in [1.54, 1.807) is 4.90 Å². The summed E-state index contributed by atoms with van der Waals surface area (Å²) in [4.78, 5) is 27.3. The molecule has 2 aliphatic rings. The fourth-order valence-electron chi connectivity index (χ4n) is 4.55. The zero-order valence-electron chi connectivity index (χ0n) is 15.4. The molecule has 1 aliphatic carbocycles. The summed E-state index contributed by atoms with van der Waals surface area (Å²) < 4.78 is 5.51. The van der Waals surface area contributed by atoms with Gasteiger partial charge < -0.3 is 15.2 Å². The Labute approximate surface area is 158 Å². The molecule has 142 valence electrons. The molecule has 6 heteroatoms. The van der Waals surface area contributed by atoms with Crippen LogP contribution in [0.2, 0.25) is 0 Å². The molecule has 6 nitrogen and oxygen atoms in total. The second kappa shape index (κ2) is 7.18. The van der Waals surface area contributed by atoms with E-state index in [1.807, 2.05) is 36.4 Å². The number of carbonyl (C=O) groups is 2. The van der Waals surface area contributed by atoms with E-state index in [9.17, 15) is 9.59 Å². The van der Waals surface area contributed by atoms with Gasteiger partial charge in [-0.3, -0.25) is 9.59 Å². The van der Waals surface area contributed by atoms with Gasteiger partial charge in [0, 0.05) is 30.5 Å². The lowest BCUT2D eigenvalue weighted by Gasteiger charge is -2.36. The zero-order chi connectivity index (χ0) is 18.9. The summed E-state index contributed by atoms with van der Waals surface area (Å²) in [6.07, 6.45) is 5.60. The summed E-state index contributed by atoms with van der Waals surface area (Å²) in [6, 6.07) is 11.6. The van der Waals surface area contributed by atoms with Crippen molar-refractivity contribution in [3.05, 3.63) is 42.2 Å². The number of primary amides is 1. The Balaban J connectivity index is 1.59. The molecule has 2 heterocycles. The Morgan fingerprint density at radius 2 is 1.93 bits per heavy atom. The van der Waals surface area contributed by atoms with Crippen LogP contribution in [0.25, 0.3) is 11.3 Å². The Morgan fingerprint density at radius 1 is 1.19 bits per heavy atom. The minimum absolute atomic E-state index is 0.0245. The van der Waals surface area contributed by atoms with Crippen LogP contribution < -0.4 is 5.73 Å². The molecule has 1 aromatic heterocycles. The van der Waals surface area contributed by atoms with Crippen molar-refractivity contribution in [2.24, 2.45) is 11.7 Å². The zero-order valence-corrected chi connectivity index (χ0v) is 15.4. The van der Waals surface area contributed by atoms with Crippen molar-refractivity contribution < 1.29 is 14.1 Å². The molecule has 2 fully saturated rings. The normalized spacial score (nSPS) is 23.0. The number of nitrogens with zero attached hydrogens (tertiary/aromatic N) is 2. The first-order chi connectivity index (χ1) is 13.1. The van der Waals surface area contributed by atoms with E-state index in [0.717, 1.165) is 43.4 Å². The van der Waals surface area contributed by atoms with Crippen LogP contribution in [0.5, 0.6) is 0 Å². The van der Waals surface area contributed by atoms with Crippen LogP contribution in [-0.4, -0.2) is 34.0 Å². The number of rotatable bonds is 5. The molecule has 0 spiro atoms. The number of likely N-dealkylation sites (tertiary alicyclic amines) is 1. The number of carbonyl (C=O) groups excluding carboxylic acids is 2. The predicted molar refractivity (Wildman–Crippen MR) is 100 cm³/mol. The van der Waals surface area contributed by atoms with Gasteiger partial charge in [-0.2, -0.15) is 0 Å². The molecular weight excluding hydrogens is 342 g/mol. The highest BCUT2D eigenvalue weighted by atomic mass is 16.5. The third-order valence-electron chi connectivity index (χ3n) is 6.01. The first-order valence-corrected chi connectivity index (χ1v) is 9.72. The number of amides is 2. The lowest BCUT2D eigenvalue weighted by atomic mass is 9.88. The van der Waals surface area contributed by atoms with Crippen LogP contribution in [0.1, 0.15) is 44.3 Å². The lowest BCUT2D eigenvalue weighted by molar-refractivity contribution is -0.146. The second-order valence-corrected chi connectivity index (χ2v) is 7.69. The van der Waals surface area contributed by atoms with Gasteiger partial charge in [-0.15, -0.1) is 0 Å². The highest BCUT2D eigenvalue weighted by Crippen LogP contribution is 2.37. The standard InChI is InChI=1S/C21H25N3O3/c22-20(26)21(11-6-12-24(21)19(25)16-9-4-5-10-16)14-17-13-18(23-27-17)15-7-2-1-3-8-15/h1-3,7-8,13,16H,4-6,9-12,14H2,(H2,22,26)/t21-/m1/s1. The molecule has 0 bridgehead atoms. The number of benzene rings is 1. The van der Waals surface area contributed by atoms with E-state index in [1.165, 1.54) is 0 Å². The van der Waals surface area contributed by atoms with Crippen LogP contribution in [0, 0.1) is 5.92 Å². The predicted octanol–water partition coefficient (Wildman–Crippen LogP) is 2.92. The molecule has 0 radical (unpaired) electrons. The Hall–Kier alpha value is -2.63. The lowest BCUT2D eigenvalue weighted by Crippen LogP contribution is -2.58. The molecule has 1 saturated heterocycles. The van der Waals surface area contributed by atoms with Gasteiger partial charge in [0.15, 0.2) is 0 Å². The Morgan fingerprint density at radius 3 is 2.63 bits per heavy atom. The maximum absolute atomic E-state index is 13.1. The molecule has 4 rings (SSSR count). The Bertz CT molecular complexity index is 826. The van der Waals surface area contributed by atoms with Crippen molar-refractivity contribution in [1.82, 2.24) is 10.1 Å². The van der Waals surface area contributed by atoms with Gasteiger partial charge in [-0.05, 0) is 25.7 Å². The molecule has 1 aromatic carbocycles. The minimum atomic E-state index is -1.01. The molecule has 2 amide bonds. The average Bonchev–Trinajstić information content (AvgIpc) is 3.43. The van der Waals surface area contributed by atoms with Gasteiger partial charge in [0.2, 0.25) is 11.8 Å². The average molecular weight is 367 g/mol. The summed E-state index contributed by atoms with van der Waals surface area (Å²) in [5.41, 5.74) is 6.49. The summed E-state index contributed by atoms with van der Waals surface area (Å²) in [7, 11) is 0. The first-order valence-electron chi connectivity index (χ1n) is 9.72. The van der Waals surface area contributed by atoms with Gasteiger partial charge in [0.25, 0.3) is 0 Å². The molecule has 27 heavy (non-hydrogen) atoms. The largest absolute Gasteiger partial charge is 0.368 e. The number of hydrogen-bond donors (Lipinski definition) is 1. The van der Waals surface area contributed by atoms with E-state index in [0.29, 0.717) is 18.7 Å².